The van der Waals surface area contributed by atoms with Gasteiger partial charge in [0.2, 0.25) is 5.91 Å². The second-order valence-corrected chi connectivity index (χ2v) is 13.0. The Kier molecular flexibility index (Phi) is 7.15. The minimum atomic E-state index is -3.04. The highest BCUT2D eigenvalue weighted by molar-refractivity contribution is 7.71. The van der Waals surface area contributed by atoms with Crippen molar-refractivity contribution in [3.05, 3.63) is 58.5 Å². The Bertz CT molecular complexity index is 1420. The molecule has 1 aliphatic rings. The Hall–Kier alpha value is -3.30. The highest BCUT2D eigenvalue weighted by Gasteiger charge is 2.35. The predicted octanol–water partition coefficient (Wildman–Crippen LogP) is 4.92. The monoisotopic (exact) mass is 507 g/mol. The Morgan fingerprint density at radius 2 is 1.83 bits per heavy atom. The molecular weight excluding hydrogens is 476 g/mol. The third-order valence-corrected chi connectivity index (χ3v) is 10.1. The largest absolute Gasteiger partial charge is 0.362 e. The molecule has 2 heterocycles. The second-order valence-electron chi connectivity index (χ2n) is 9.80. The molecule has 0 bridgehead atoms. The first-order valence-electron chi connectivity index (χ1n) is 12.2. The van der Waals surface area contributed by atoms with Gasteiger partial charge in [0, 0.05) is 47.4 Å². The highest BCUT2D eigenvalue weighted by Crippen LogP contribution is 2.48. The van der Waals surface area contributed by atoms with E-state index in [-0.39, 0.29) is 35.5 Å². The summed E-state index contributed by atoms with van der Waals surface area (Å²) in [6, 6.07) is 10.6. The van der Waals surface area contributed by atoms with Crippen molar-refractivity contribution in [1.82, 2.24) is 15.1 Å². The predicted molar refractivity (Wildman–Crippen MR) is 141 cm³/mol. The summed E-state index contributed by atoms with van der Waals surface area (Å²) < 4.78 is 29.3. The maximum Gasteiger partial charge on any atom is 0.225 e. The van der Waals surface area contributed by atoms with Gasteiger partial charge in [-0.25, -0.2) is 4.39 Å². The minimum absolute atomic E-state index is 0.0300. The molecule has 188 valence electrons. The van der Waals surface area contributed by atoms with Crippen LogP contribution in [0.2, 0.25) is 0 Å². The number of aromatic nitrogens is 2. The number of aryl methyl sites for hydroxylation is 1. The number of amides is 1. The summed E-state index contributed by atoms with van der Waals surface area (Å²) in [5, 5.41) is 22.8. The van der Waals surface area contributed by atoms with E-state index in [1.807, 2.05) is 39.8 Å². The fourth-order valence-corrected chi connectivity index (χ4v) is 7.50. The SMILES string of the molecule is Cc1c(C#N)cccc1[C@@H](C)Nc1nnc(C)c2cc(F)c(P3(=O)CCN(C(=O)C(C)C)CC3)cc12. The van der Waals surface area contributed by atoms with E-state index < -0.39 is 13.0 Å². The third kappa shape index (κ3) is 4.73. The molecule has 2 aromatic carbocycles. The molecule has 0 radical (unpaired) electrons. The Morgan fingerprint density at radius 3 is 2.47 bits per heavy atom. The number of benzene rings is 2. The maximum absolute atomic E-state index is 15.4. The zero-order valence-corrected chi connectivity index (χ0v) is 22.2. The number of anilines is 1. The smallest absolute Gasteiger partial charge is 0.225 e. The van der Waals surface area contributed by atoms with Crippen molar-refractivity contribution in [1.29, 1.82) is 5.26 Å². The normalized spacial score (nSPS) is 16.1. The van der Waals surface area contributed by atoms with Crippen LogP contribution >= 0.6 is 7.14 Å². The van der Waals surface area contributed by atoms with Crippen molar-refractivity contribution < 1.29 is 13.8 Å². The number of halogens is 1. The van der Waals surface area contributed by atoms with Gasteiger partial charge in [-0.3, -0.25) is 4.79 Å². The zero-order valence-electron chi connectivity index (χ0n) is 21.3. The second kappa shape index (κ2) is 9.99. The summed E-state index contributed by atoms with van der Waals surface area (Å²) in [7, 11) is -3.04. The molecule has 9 heteroatoms. The van der Waals surface area contributed by atoms with Crippen LogP contribution in [0, 0.1) is 36.9 Å². The van der Waals surface area contributed by atoms with E-state index >= 15 is 4.39 Å². The summed E-state index contributed by atoms with van der Waals surface area (Å²) in [6.07, 6.45) is 0.509. The van der Waals surface area contributed by atoms with Crippen LogP contribution in [0.15, 0.2) is 30.3 Å². The van der Waals surface area contributed by atoms with E-state index in [0.717, 1.165) is 11.1 Å². The van der Waals surface area contributed by atoms with E-state index in [4.69, 9.17) is 0 Å². The van der Waals surface area contributed by atoms with E-state index in [9.17, 15) is 14.6 Å². The number of nitriles is 1. The molecule has 3 aromatic rings. The lowest BCUT2D eigenvalue weighted by molar-refractivity contribution is -0.134. The van der Waals surface area contributed by atoms with E-state index in [1.165, 1.54) is 6.07 Å². The topological polar surface area (TPSA) is 99.0 Å². The number of rotatable bonds is 5. The van der Waals surface area contributed by atoms with Crippen LogP contribution in [0.4, 0.5) is 10.2 Å². The average molecular weight is 508 g/mol. The van der Waals surface area contributed by atoms with Crippen molar-refractivity contribution >= 4 is 34.9 Å². The molecule has 1 atom stereocenters. The quantitative estimate of drug-likeness (QED) is 0.493. The third-order valence-electron chi connectivity index (χ3n) is 7.05. The molecule has 0 unspecified atom stereocenters. The molecule has 36 heavy (non-hydrogen) atoms. The molecule has 1 fully saturated rings. The molecule has 1 amide bonds. The first kappa shape index (κ1) is 25.8. The van der Waals surface area contributed by atoms with Crippen molar-refractivity contribution in [3.8, 4) is 6.07 Å². The molecular formula is C27H31FN5O2P. The van der Waals surface area contributed by atoms with Gasteiger partial charge in [-0.15, -0.1) is 5.10 Å². The molecule has 1 N–H and O–H groups in total. The Morgan fingerprint density at radius 1 is 1.14 bits per heavy atom. The summed E-state index contributed by atoms with van der Waals surface area (Å²) in [4.78, 5) is 14.1. The van der Waals surface area contributed by atoms with Gasteiger partial charge in [0.05, 0.1) is 23.4 Å². The van der Waals surface area contributed by atoms with Crippen LogP contribution in [0.1, 0.15) is 49.2 Å². The number of fused-ring (bicyclic) bond motifs is 1. The molecule has 1 saturated heterocycles. The van der Waals surface area contributed by atoms with Crippen molar-refractivity contribution in [2.24, 2.45) is 5.92 Å². The lowest BCUT2D eigenvalue weighted by Crippen LogP contribution is -2.43. The fourth-order valence-electron chi connectivity index (χ4n) is 4.85. The highest BCUT2D eigenvalue weighted by atomic mass is 31.2. The molecule has 1 aliphatic heterocycles. The summed E-state index contributed by atoms with van der Waals surface area (Å²) >= 11 is 0. The van der Waals surface area contributed by atoms with Crippen LogP contribution in [-0.4, -0.2) is 46.4 Å². The standard InChI is InChI=1S/C27H31FN5O2P/c1-16(2)27(34)33-9-11-36(35,12-10-33)25-14-23-22(13-24(25)28)19(5)31-32-26(23)30-18(4)21-8-6-7-20(15-29)17(21)3/h6-8,13-14,16,18H,9-12H2,1-5H3,(H,30,32)/t18-/m1/s1. The van der Waals surface area contributed by atoms with Gasteiger partial charge in [-0.05, 0) is 50.1 Å². The Balaban J connectivity index is 1.71. The molecule has 1 aromatic heterocycles. The fraction of sp³-hybridized carbons (Fsp3) is 0.407. The Labute approximate surface area is 211 Å². The summed E-state index contributed by atoms with van der Waals surface area (Å²) in [6.45, 7) is 10.0. The van der Waals surface area contributed by atoms with Crippen LogP contribution in [0.25, 0.3) is 10.8 Å². The maximum atomic E-state index is 15.4. The van der Waals surface area contributed by atoms with Gasteiger partial charge in [0.15, 0.2) is 5.82 Å². The number of carbonyl (C=O) groups is 1. The number of hydrogen-bond donors (Lipinski definition) is 1. The average Bonchev–Trinajstić information content (AvgIpc) is 2.85. The molecule has 7 nitrogen and oxygen atoms in total. The van der Waals surface area contributed by atoms with Crippen LogP contribution in [0.5, 0.6) is 0 Å². The first-order valence-corrected chi connectivity index (χ1v) is 14.2. The van der Waals surface area contributed by atoms with Gasteiger partial charge < -0.3 is 14.8 Å². The van der Waals surface area contributed by atoms with Gasteiger partial charge in [0.25, 0.3) is 0 Å². The van der Waals surface area contributed by atoms with Crippen LogP contribution in [0.3, 0.4) is 0 Å². The lowest BCUT2D eigenvalue weighted by Gasteiger charge is -2.33. The van der Waals surface area contributed by atoms with Crippen molar-refractivity contribution in [2.45, 2.75) is 40.7 Å². The van der Waals surface area contributed by atoms with Gasteiger partial charge in [-0.2, -0.15) is 10.4 Å². The molecule has 0 aliphatic carbocycles. The number of hydrogen-bond acceptors (Lipinski definition) is 6. The summed E-state index contributed by atoms with van der Waals surface area (Å²) in [5.74, 6) is -0.148. The lowest BCUT2D eigenvalue weighted by atomic mass is 9.98. The van der Waals surface area contributed by atoms with E-state index in [0.29, 0.717) is 40.9 Å². The zero-order chi connectivity index (χ0) is 26.2. The van der Waals surface area contributed by atoms with E-state index in [1.54, 1.807) is 24.0 Å². The number of nitrogens with zero attached hydrogens (tertiary/aromatic N) is 4. The van der Waals surface area contributed by atoms with Gasteiger partial charge >= 0.3 is 0 Å². The molecule has 0 spiro atoms. The number of carbonyl (C=O) groups excluding carboxylic acids is 1. The van der Waals surface area contributed by atoms with Crippen molar-refractivity contribution in [3.63, 3.8) is 0 Å². The van der Waals surface area contributed by atoms with Crippen molar-refractivity contribution in [2.75, 3.05) is 30.7 Å². The van der Waals surface area contributed by atoms with Gasteiger partial charge in [-0.1, -0.05) is 26.0 Å². The van der Waals surface area contributed by atoms with Crippen LogP contribution in [-0.2, 0) is 9.36 Å². The van der Waals surface area contributed by atoms with Crippen LogP contribution < -0.4 is 10.6 Å². The molecule has 0 saturated carbocycles. The molecule has 4 rings (SSSR count). The first-order chi connectivity index (χ1) is 17.1. The van der Waals surface area contributed by atoms with E-state index in [2.05, 4.69) is 21.6 Å². The van der Waals surface area contributed by atoms with Gasteiger partial charge in [0.1, 0.15) is 13.0 Å². The summed E-state index contributed by atoms with van der Waals surface area (Å²) in [5.41, 5.74) is 3.00. The minimum Gasteiger partial charge on any atom is -0.362 e. The number of nitrogens with one attached hydrogen (secondary N) is 1.